The normalized spacial score (nSPS) is 10.8. The van der Waals surface area contributed by atoms with E-state index < -0.39 is 5.91 Å². The fourth-order valence-electron chi connectivity index (χ4n) is 2.35. The number of ether oxygens (including phenoxy) is 2. The van der Waals surface area contributed by atoms with Gasteiger partial charge in [-0.05, 0) is 47.4 Å². The lowest BCUT2D eigenvalue weighted by molar-refractivity contribution is -0.120. The van der Waals surface area contributed by atoms with Crippen molar-refractivity contribution in [2.45, 2.75) is 19.8 Å². The molecule has 148 valence electrons. The first-order valence-corrected chi connectivity index (χ1v) is 9.14. The van der Waals surface area contributed by atoms with Gasteiger partial charge in [-0.2, -0.15) is 0 Å². The Bertz CT molecular complexity index is 796. The summed E-state index contributed by atoms with van der Waals surface area (Å²) in [6.45, 7) is 4.93. The predicted octanol–water partition coefficient (Wildman–Crippen LogP) is 2.88. The average molecular weight is 382 g/mol. The lowest BCUT2D eigenvalue weighted by atomic mass is 10.0. The zero-order valence-electron chi connectivity index (χ0n) is 16.2. The number of amides is 2. The van der Waals surface area contributed by atoms with E-state index in [4.69, 9.17) is 15.2 Å². The summed E-state index contributed by atoms with van der Waals surface area (Å²) < 4.78 is 10.8. The van der Waals surface area contributed by atoms with Crippen LogP contribution < -0.4 is 20.5 Å². The summed E-state index contributed by atoms with van der Waals surface area (Å²) in [4.78, 5) is 22.5. The molecule has 0 radical (unpaired) electrons. The highest BCUT2D eigenvalue weighted by molar-refractivity contribution is 5.91. The second-order valence-electron chi connectivity index (χ2n) is 6.52. The lowest BCUT2D eigenvalue weighted by Crippen LogP contribution is -2.26. The van der Waals surface area contributed by atoms with E-state index in [1.807, 2.05) is 24.3 Å². The molecule has 2 aromatic carbocycles. The number of benzene rings is 2. The molecule has 0 aromatic heterocycles. The van der Waals surface area contributed by atoms with Crippen LogP contribution in [0.2, 0.25) is 0 Å². The minimum Gasteiger partial charge on any atom is -0.492 e. The van der Waals surface area contributed by atoms with Gasteiger partial charge in [-0.3, -0.25) is 9.59 Å². The topological polar surface area (TPSA) is 90.7 Å². The maximum Gasteiger partial charge on any atom is 0.255 e. The molecule has 0 aliphatic carbocycles. The van der Waals surface area contributed by atoms with Gasteiger partial charge in [-0.1, -0.05) is 38.1 Å². The number of primary amides is 1. The lowest BCUT2D eigenvalue weighted by Gasteiger charge is -2.09. The maximum absolute atomic E-state index is 11.9. The Morgan fingerprint density at radius 2 is 1.61 bits per heavy atom. The molecule has 2 amide bonds. The monoisotopic (exact) mass is 382 g/mol. The molecule has 6 nitrogen and oxygen atoms in total. The zero-order valence-corrected chi connectivity index (χ0v) is 16.2. The molecule has 0 spiro atoms. The maximum atomic E-state index is 11.9. The Morgan fingerprint density at radius 1 is 1.00 bits per heavy atom. The average Bonchev–Trinajstić information content (AvgIpc) is 2.69. The predicted molar refractivity (Wildman–Crippen MR) is 109 cm³/mol. The third-order valence-electron chi connectivity index (χ3n) is 3.91. The third kappa shape index (κ3) is 7.53. The molecule has 28 heavy (non-hydrogen) atoms. The van der Waals surface area contributed by atoms with Gasteiger partial charge in [0, 0.05) is 6.08 Å². The molecular weight excluding hydrogens is 356 g/mol. The van der Waals surface area contributed by atoms with Crippen molar-refractivity contribution in [1.82, 2.24) is 5.32 Å². The highest BCUT2D eigenvalue weighted by Crippen LogP contribution is 2.18. The summed E-state index contributed by atoms with van der Waals surface area (Å²) in [6.07, 6.45) is 3.15. The fourth-order valence-corrected chi connectivity index (χ4v) is 2.35. The smallest absolute Gasteiger partial charge is 0.255 e. The van der Waals surface area contributed by atoms with Crippen molar-refractivity contribution in [1.29, 1.82) is 0 Å². The first kappa shape index (κ1) is 21.0. The van der Waals surface area contributed by atoms with Crippen molar-refractivity contribution in [2.24, 2.45) is 5.73 Å². The number of nitrogens with one attached hydrogen (secondary N) is 1. The van der Waals surface area contributed by atoms with Crippen molar-refractivity contribution < 1.29 is 19.1 Å². The van der Waals surface area contributed by atoms with Crippen molar-refractivity contribution in [3.8, 4) is 11.5 Å². The number of nitrogens with two attached hydrogens (primary N) is 1. The second-order valence-corrected chi connectivity index (χ2v) is 6.52. The van der Waals surface area contributed by atoms with Gasteiger partial charge < -0.3 is 20.5 Å². The highest BCUT2D eigenvalue weighted by Gasteiger charge is 2.01. The summed E-state index contributed by atoms with van der Waals surface area (Å²) in [5.74, 6) is 1.08. The van der Waals surface area contributed by atoms with Crippen LogP contribution in [-0.4, -0.2) is 31.6 Å². The van der Waals surface area contributed by atoms with Gasteiger partial charge in [0.1, 0.15) is 18.1 Å². The Labute approximate surface area is 165 Å². The van der Waals surface area contributed by atoms with E-state index >= 15 is 0 Å². The van der Waals surface area contributed by atoms with E-state index in [2.05, 4.69) is 19.2 Å². The molecule has 2 aromatic rings. The molecule has 0 fully saturated rings. The quantitative estimate of drug-likeness (QED) is 0.488. The van der Waals surface area contributed by atoms with E-state index in [1.165, 1.54) is 11.6 Å². The van der Waals surface area contributed by atoms with Crippen molar-refractivity contribution in [3.05, 3.63) is 65.7 Å². The van der Waals surface area contributed by atoms with E-state index in [-0.39, 0.29) is 12.5 Å². The molecule has 0 bridgehead atoms. The molecule has 6 heteroatoms. The van der Waals surface area contributed by atoms with E-state index in [0.29, 0.717) is 24.8 Å². The van der Waals surface area contributed by atoms with Gasteiger partial charge >= 0.3 is 0 Å². The van der Waals surface area contributed by atoms with Crippen LogP contribution in [0.3, 0.4) is 0 Å². The Kier molecular flexibility index (Phi) is 8.09. The largest absolute Gasteiger partial charge is 0.492 e. The Hall–Kier alpha value is -3.28. The molecule has 3 N–H and O–H groups in total. The van der Waals surface area contributed by atoms with Crippen LogP contribution in [0.15, 0.2) is 54.6 Å². The van der Waals surface area contributed by atoms with Gasteiger partial charge in [0.15, 0.2) is 6.61 Å². The van der Waals surface area contributed by atoms with Crippen LogP contribution in [0.5, 0.6) is 11.5 Å². The van der Waals surface area contributed by atoms with Crippen LogP contribution >= 0.6 is 0 Å². The summed E-state index contributed by atoms with van der Waals surface area (Å²) in [5.41, 5.74) is 7.12. The van der Waals surface area contributed by atoms with E-state index in [9.17, 15) is 9.59 Å². The molecule has 0 unspecified atom stereocenters. The number of hydrogen-bond acceptors (Lipinski definition) is 4. The standard InChI is InChI=1S/C22H26N2O4/c1-16(2)18-6-10-19(11-7-18)27-14-13-24-22(26)12-5-17-3-8-20(9-4-17)28-15-21(23)25/h3-12,16H,13-15H2,1-2H3,(H2,23,25)(H,24,26). The molecule has 2 rings (SSSR count). The van der Waals surface area contributed by atoms with Crippen LogP contribution in [0.1, 0.15) is 30.9 Å². The molecule has 0 heterocycles. The van der Waals surface area contributed by atoms with Crippen LogP contribution in [0.25, 0.3) is 6.08 Å². The van der Waals surface area contributed by atoms with E-state index in [1.54, 1.807) is 30.3 Å². The first-order chi connectivity index (χ1) is 13.4. The van der Waals surface area contributed by atoms with Crippen molar-refractivity contribution >= 4 is 17.9 Å². The molecule has 0 saturated carbocycles. The van der Waals surface area contributed by atoms with Crippen LogP contribution in [-0.2, 0) is 9.59 Å². The Morgan fingerprint density at radius 3 is 2.21 bits per heavy atom. The highest BCUT2D eigenvalue weighted by atomic mass is 16.5. The molecule has 0 atom stereocenters. The van der Waals surface area contributed by atoms with Gasteiger partial charge in [-0.15, -0.1) is 0 Å². The zero-order chi connectivity index (χ0) is 20.4. The van der Waals surface area contributed by atoms with E-state index in [0.717, 1.165) is 11.3 Å². The summed E-state index contributed by atoms with van der Waals surface area (Å²) in [5, 5.41) is 2.77. The minimum atomic E-state index is -0.530. The van der Waals surface area contributed by atoms with Crippen molar-refractivity contribution in [3.63, 3.8) is 0 Å². The number of rotatable bonds is 10. The summed E-state index contributed by atoms with van der Waals surface area (Å²) >= 11 is 0. The first-order valence-electron chi connectivity index (χ1n) is 9.14. The Balaban J connectivity index is 1.69. The summed E-state index contributed by atoms with van der Waals surface area (Å²) in [6, 6.07) is 14.9. The van der Waals surface area contributed by atoms with Gasteiger partial charge in [0.2, 0.25) is 5.91 Å². The number of carbonyl (C=O) groups excluding carboxylic acids is 2. The third-order valence-corrected chi connectivity index (χ3v) is 3.91. The van der Waals surface area contributed by atoms with Gasteiger partial charge in [0.25, 0.3) is 5.91 Å². The molecular formula is C22H26N2O4. The van der Waals surface area contributed by atoms with Gasteiger partial charge in [0.05, 0.1) is 6.54 Å². The summed E-state index contributed by atoms with van der Waals surface area (Å²) in [7, 11) is 0. The SMILES string of the molecule is CC(C)c1ccc(OCCNC(=O)C=Cc2ccc(OCC(N)=O)cc2)cc1. The number of carbonyl (C=O) groups is 2. The molecule has 0 saturated heterocycles. The molecule has 0 aliphatic heterocycles. The van der Waals surface area contributed by atoms with Crippen LogP contribution in [0, 0.1) is 0 Å². The molecule has 0 aliphatic rings. The fraction of sp³-hybridized carbons (Fsp3) is 0.273. The second kappa shape index (κ2) is 10.8. The van der Waals surface area contributed by atoms with Crippen LogP contribution in [0.4, 0.5) is 0 Å². The van der Waals surface area contributed by atoms with Gasteiger partial charge in [-0.25, -0.2) is 0 Å². The van der Waals surface area contributed by atoms with Crippen molar-refractivity contribution in [2.75, 3.05) is 19.8 Å². The minimum absolute atomic E-state index is 0.165. The number of hydrogen-bond donors (Lipinski definition) is 2.